The van der Waals surface area contributed by atoms with E-state index in [0.29, 0.717) is 5.92 Å². The summed E-state index contributed by atoms with van der Waals surface area (Å²) in [5, 5.41) is 0. The SMILES string of the molecule is CCC(CN)Cc1nc2cc(C)c(C)cc2[nH]1. The van der Waals surface area contributed by atoms with Gasteiger partial charge in [0.15, 0.2) is 0 Å². The Kier molecular flexibility index (Phi) is 3.48. The van der Waals surface area contributed by atoms with Gasteiger partial charge in [-0.3, -0.25) is 0 Å². The quantitative estimate of drug-likeness (QED) is 0.850. The standard InChI is InChI=1S/C14H21N3/c1-4-11(8-15)7-14-16-12-5-9(2)10(3)6-13(12)17-14/h5-6,11H,4,7-8,15H2,1-3H3,(H,16,17). The van der Waals surface area contributed by atoms with Crippen LogP contribution in [0.1, 0.15) is 30.3 Å². The van der Waals surface area contributed by atoms with Crippen LogP contribution in [0, 0.1) is 19.8 Å². The number of nitrogens with one attached hydrogen (secondary N) is 1. The fourth-order valence-corrected chi connectivity index (χ4v) is 2.09. The maximum Gasteiger partial charge on any atom is 0.107 e. The normalized spacial score (nSPS) is 13.2. The second kappa shape index (κ2) is 4.88. The Bertz CT molecular complexity index is 470. The van der Waals surface area contributed by atoms with Gasteiger partial charge < -0.3 is 10.7 Å². The number of hydrogen-bond acceptors (Lipinski definition) is 2. The van der Waals surface area contributed by atoms with Crippen LogP contribution in [-0.2, 0) is 6.42 Å². The Hall–Kier alpha value is -1.35. The lowest BCUT2D eigenvalue weighted by atomic mass is 10.0. The van der Waals surface area contributed by atoms with E-state index in [1.807, 2.05) is 0 Å². The highest BCUT2D eigenvalue weighted by atomic mass is 14.9. The van der Waals surface area contributed by atoms with Gasteiger partial charge in [-0.15, -0.1) is 0 Å². The Morgan fingerprint density at radius 3 is 2.65 bits per heavy atom. The van der Waals surface area contributed by atoms with Gasteiger partial charge in [0, 0.05) is 6.42 Å². The van der Waals surface area contributed by atoms with E-state index in [1.165, 1.54) is 11.1 Å². The molecule has 3 N–H and O–H groups in total. The summed E-state index contributed by atoms with van der Waals surface area (Å²) >= 11 is 0. The molecule has 3 nitrogen and oxygen atoms in total. The van der Waals surface area contributed by atoms with Crippen molar-refractivity contribution in [1.29, 1.82) is 0 Å². The number of H-pyrrole nitrogens is 1. The van der Waals surface area contributed by atoms with E-state index >= 15 is 0 Å². The number of nitrogens with two attached hydrogens (primary N) is 1. The smallest absolute Gasteiger partial charge is 0.107 e. The fraction of sp³-hybridized carbons (Fsp3) is 0.500. The molecule has 0 saturated heterocycles. The average Bonchev–Trinajstić information content (AvgIpc) is 2.68. The second-order valence-electron chi connectivity index (χ2n) is 4.85. The maximum absolute atomic E-state index is 5.73. The molecule has 2 aromatic rings. The first kappa shape index (κ1) is 12.1. The van der Waals surface area contributed by atoms with Crippen LogP contribution in [0.2, 0.25) is 0 Å². The Morgan fingerprint density at radius 2 is 2.00 bits per heavy atom. The number of rotatable bonds is 4. The Balaban J connectivity index is 2.31. The Labute approximate surface area is 102 Å². The number of fused-ring (bicyclic) bond motifs is 1. The van der Waals surface area contributed by atoms with Crippen molar-refractivity contribution in [2.45, 2.75) is 33.6 Å². The topological polar surface area (TPSA) is 54.7 Å². The van der Waals surface area contributed by atoms with E-state index in [4.69, 9.17) is 5.73 Å². The summed E-state index contributed by atoms with van der Waals surface area (Å²) in [4.78, 5) is 8.04. The van der Waals surface area contributed by atoms with E-state index in [2.05, 4.69) is 42.9 Å². The summed E-state index contributed by atoms with van der Waals surface area (Å²) in [6, 6.07) is 4.32. The van der Waals surface area contributed by atoms with Gasteiger partial charge in [-0.2, -0.15) is 0 Å². The summed E-state index contributed by atoms with van der Waals surface area (Å²) in [5.74, 6) is 1.58. The van der Waals surface area contributed by atoms with Crippen molar-refractivity contribution < 1.29 is 0 Å². The second-order valence-corrected chi connectivity index (χ2v) is 4.85. The molecule has 0 aliphatic carbocycles. The third kappa shape index (κ3) is 2.50. The molecule has 1 aromatic heterocycles. The lowest BCUT2D eigenvalue weighted by Gasteiger charge is -2.08. The number of aromatic nitrogens is 2. The molecule has 1 aromatic carbocycles. The first-order valence-electron chi connectivity index (χ1n) is 6.30. The van der Waals surface area contributed by atoms with E-state index in [0.717, 1.165) is 36.2 Å². The summed E-state index contributed by atoms with van der Waals surface area (Å²) in [6.07, 6.45) is 2.05. The van der Waals surface area contributed by atoms with Crippen LogP contribution in [0.3, 0.4) is 0 Å². The molecule has 0 aliphatic rings. The minimum absolute atomic E-state index is 0.526. The van der Waals surface area contributed by atoms with Gasteiger partial charge in [0.1, 0.15) is 5.82 Å². The highest BCUT2D eigenvalue weighted by molar-refractivity contribution is 5.77. The van der Waals surface area contributed by atoms with Gasteiger partial charge >= 0.3 is 0 Å². The van der Waals surface area contributed by atoms with Crippen molar-refractivity contribution in [3.8, 4) is 0 Å². The Morgan fingerprint density at radius 1 is 1.29 bits per heavy atom. The number of aryl methyl sites for hydroxylation is 2. The van der Waals surface area contributed by atoms with Crippen LogP contribution < -0.4 is 5.73 Å². The first-order chi connectivity index (χ1) is 8.13. The van der Waals surface area contributed by atoms with Crippen molar-refractivity contribution in [3.05, 3.63) is 29.1 Å². The van der Waals surface area contributed by atoms with Crippen molar-refractivity contribution in [2.75, 3.05) is 6.54 Å². The van der Waals surface area contributed by atoms with Gasteiger partial charge in [0.2, 0.25) is 0 Å². The van der Waals surface area contributed by atoms with Crippen LogP contribution in [0.25, 0.3) is 11.0 Å². The molecule has 0 aliphatic heterocycles. The molecule has 1 heterocycles. The average molecular weight is 231 g/mol. The predicted octanol–water partition coefficient (Wildman–Crippen LogP) is 2.71. The lowest BCUT2D eigenvalue weighted by Crippen LogP contribution is -2.16. The molecule has 1 atom stereocenters. The molecule has 3 heteroatoms. The minimum atomic E-state index is 0.526. The molecular formula is C14H21N3. The first-order valence-corrected chi connectivity index (χ1v) is 6.30. The predicted molar refractivity (Wildman–Crippen MR) is 72.1 cm³/mol. The van der Waals surface area contributed by atoms with Gasteiger partial charge in [0.05, 0.1) is 11.0 Å². The monoisotopic (exact) mass is 231 g/mol. The molecule has 0 saturated carbocycles. The molecule has 0 spiro atoms. The van der Waals surface area contributed by atoms with E-state index in [9.17, 15) is 0 Å². The number of benzene rings is 1. The highest BCUT2D eigenvalue weighted by Gasteiger charge is 2.09. The van der Waals surface area contributed by atoms with Gasteiger partial charge in [-0.25, -0.2) is 4.98 Å². The van der Waals surface area contributed by atoms with E-state index in [-0.39, 0.29) is 0 Å². The van der Waals surface area contributed by atoms with Crippen molar-refractivity contribution >= 4 is 11.0 Å². The number of nitrogens with zero attached hydrogens (tertiary/aromatic N) is 1. The van der Waals surface area contributed by atoms with Crippen molar-refractivity contribution in [2.24, 2.45) is 11.7 Å². The molecule has 0 amide bonds. The van der Waals surface area contributed by atoms with Crippen molar-refractivity contribution in [1.82, 2.24) is 9.97 Å². The van der Waals surface area contributed by atoms with Gasteiger partial charge in [-0.1, -0.05) is 13.3 Å². The minimum Gasteiger partial charge on any atom is -0.342 e. The number of imidazole rings is 1. The van der Waals surface area contributed by atoms with Crippen LogP contribution in [0.5, 0.6) is 0 Å². The van der Waals surface area contributed by atoms with Crippen LogP contribution >= 0.6 is 0 Å². The van der Waals surface area contributed by atoms with E-state index in [1.54, 1.807) is 0 Å². The largest absolute Gasteiger partial charge is 0.342 e. The van der Waals surface area contributed by atoms with Crippen LogP contribution in [0.15, 0.2) is 12.1 Å². The summed E-state index contributed by atoms with van der Waals surface area (Å²) in [7, 11) is 0. The molecule has 0 fully saturated rings. The van der Waals surface area contributed by atoms with Crippen LogP contribution in [-0.4, -0.2) is 16.5 Å². The van der Waals surface area contributed by atoms with Crippen molar-refractivity contribution in [3.63, 3.8) is 0 Å². The summed E-state index contributed by atoms with van der Waals surface area (Å²) < 4.78 is 0. The van der Waals surface area contributed by atoms with Gasteiger partial charge in [-0.05, 0) is 49.6 Å². The third-order valence-electron chi connectivity index (χ3n) is 3.54. The molecule has 92 valence electrons. The summed E-state index contributed by atoms with van der Waals surface area (Å²) in [6.45, 7) is 7.15. The third-order valence-corrected chi connectivity index (χ3v) is 3.54. The molecule has 0 radical (unpaired) electrons. The molecular weight excluding hydrogens is 210 g/mol. The maximum atomic E-state index is 5.73. The molecule has 1 unspecified atom stereocenters. The molecule has 0 bridgehead atoms. The lowest BCUT2D eigenvalue weighted by molar-refractivity contribution is 0.508. The van der Waals surface area contributed by atoms with E-state index < -0.39 is 0 Å². The number of hydrogen-bond donors (Lipinski definition) is 2. The van der Waals surface area contributed by atoms with Gasteiger partial charge in [0.25, 0.3) is 0 Å². The molecule has 2 rings (SSSR count). The zero-order valence-electron chi connectivity index (χ0n) is 10.9. The zero-order valence-corrected chi connectivity index (χ0v) is 10.9. The fourth-order valence-electron chi connectivity index (χ4n) is 2.09. The summed E-state index contributed by atoms with van der Waals surface area (Å²) in [5.41, 5.74) is 10.5. The zero-order chi connectivity index (χ0) is 12.4. The highest BCUT2D eigenvalue weighted by Crippen LogP contribution is 2.19. The van der Waals surface area contributed by atoms with Crippen LogP contribution in [0.4, 0.5) is 0 Å². The molecule has 17 heavy (non-hydrogen) atoms. The number of aromatic amines is 1.